The molecule has 210 valence electrons. The zero-order valence-electron chi connectivity index (χ0n) is 22.6. The van der Waals surface area contributed by atoms with Crippen LogP contribution in [0.3, 0.4) is 0 Å². The molecule has 0 spiro atoms. The van der Waals surface area contributed by atoms with Gasteiger partial charge in [-0.1, -0.05) is 36.4 Å². The Balaban J connectivity index is 0.00000420. The van der Waals surface area contributed by atoms with Gasteiger partial charge in [0.1, 0.15) is 12.4 Å². The number of aromatic nitrogens is 1. The average Bonchev–Trinajstić information content (AvgIpc) is 2.89. The summed E-state index contributed by atoms with van der Waals surface area (Å²) in [5, 5.41) is 16.6. The van der Waals surface area contributed by atoms with Gasteiger partial charge in [-0.15, -0.1) is 0 Å². The van der Waals surface area contributed by atoms with E-state index >= 15 is 0 Å². The minimum Gasteiger partial charge on any atom is -0.790 e. The van der Waals surface area contributed by atoms with Crippen molar-refractivity contribution in [1.82, 2.24) is 15.2 Å². The molecule has 41 heavy (non-hydrogen) atoms. The minimum absolute atomic E-state index is 0. The van der Waals surface area contributed by atoms with Gasteiger partial charge in [0, 0.05) is 30.7 Å². The maximum Gasteiger partial charge on any atom is 1.00 e. The van der Waals surface area contributed by atoms with Crippen LogP contribution < -0.4 is 79.5 Å². The number of pyridine rings is 1. The Morgan fingerprint density at radius 2 is 1.78 bits per heavy atom. The molecule has 3 rings (SSSR count). The van der Waals surface area contributed by atoms with Gasteiger partial charge in [-0.3, -0.25) is 5.32 Å². The van der Waals surface area contributed by atoms with Crippen LogP contribution in [0.25, 0.3) is 10.8 Å². The molecular formula is C24H25F2N4Na2O8P. The van der Waals surface area contributed by atoms with Gasteiger partial charge in [0.2, 0.25) is 0 Å². The third-order valence-corrected chi connectivity index (χ3v) is 6.03. The molecule has 0 aliphatic heterocycles. The second kappa shape index (κ2) is 17.4. The first-order chi connectivity index (χ1) is 18.4. The second-order valence-corrected chi connectivity index (χ2v) is 9.56. The summed E-state index contributed by atoms with van der Waals surface area (Å²) >= 11 is 0. The van der Waals surface area contributed by atoms with E-state index in [-0.39, 0.29) is 83.5 Å². The Morgan fingerprint density at radius 3 is 2.46 bits per heavy atom. The number of carbonyl (C=O) groups is 2. The van der Waals surface area contributed by atoms with E-state index in [1.165, 1.54) is 19.2 Å². The second-order valence-electron chi connectivity index (χ2n) is 8.41. The molecule has 17 heteroatoms. The number of carbonyl (C=O) groups excluding carboxylic acids is 2. The molecule has 0 aliphatic rings. The van der Waals surface area contributed by atoms with Crippen molar-refractivity contribution in [2.24, 2.45) is 0 Å². The Bertz CT molecular complexity index is 1370. The Kier molecular flexibility index (Phi) is 15.9. The molecule has 0 fully saturated rings. The topological polar surface area (TPSA) is 176 Å². The SMILES string of the molecule is CN(C(=O)NCc1cccc(F)c1F)[C@H](COC(=O)Nc1cc2ccccc2cn1)C[C@H](O)COP(=O)([O-])[O-].[Na+].[Na+]. The summed E-state index contributed by atoms with van der Waals surface area (Å²) < 4.78 is 47.3. The first kappa shape index (κ1) is 37.3. The van der Waals surface area contributed by atoms with E-state index in [0.717, 1.165) is 21.7 Å². The third kappa shape index (κ3) is 12.2. The fourth-order valence-corrected chi connectivity index (χ4v) is 3.86. The van der Waals surface area contributed by atoms with Crippen LogP contribution in [0.4, 0.5) is 24.2 Å². The smallest absolute Gasteiger partial charge is 0.790 e. The number of halogens is 2. The number of nitrogens with one attached hydrogen (secondary N) is 2. The van der Waals surface area contributed by atoms with E-state index < -0.39 is 56.9 Å². The predicted octanol–water partition coefficient (Wildman–Crippen LogP) is -4.12. The van der Waals surface area contributed by atoms with E-state index in [2.05, 4.69) is 20.1 Å². The number of phosphoric acid groups is 1. The Hall–Kier alpha value is -1.68. The number of nitrogens with zero attached hydrogens (tertiary/aromatic N) is 2. The van der Waals surface area contributed by atoms with Gasteiger partial charge < -0.3 is 38.9 Å². The fourth-order valence-electron chi connectivity index (χ4n) is 3.51. The minimum atomic E-state index is -5.37. The quantitative estimate of drug-likeness (QED) is 0.144. The molecule has 0 aliphatic carbocycles. The predicted molar refractivity (Wildman–Crippen MR) is 131 cm³/mol. The molecule has 3 amide bonds. The molecule has 2 atom stereocenters. The fraction of sp³-hybridized carbons (Fsp3) is 0.292. The first-order valence-corrected chi connectivity index (χ1v) is 13.0. The zero-order chi connectivity index (χ0) is 28.6. The summed E-state index contributed by atoms with van der Waals surface area (Å²) in [6.07, 6.45) is -1.31. The van der Waals surface area contributed by atoms with Crippen molar-refractivity contribution in [2.45, 2.75) is 25.1 Å². The number of aliphatic hydroxyl groups is 1. The number of fused-ring (bicyclic) bond motifs is 1. The standard InChI is InChI=1S/C24H27F2N4O8P.2Na/c1-30(23(32)28-12-17-7-4-8-20(25)22(17)26)18(10-19(31)14-38-39(34,35)36)13-37-24(33)29-21-9-15-5-2-3-6-16(15)11-27-21;;/h2-9,11,18-19,31H,10,12-14H2,1H3,(H,28,32)(H,27,29,33)(H2,34,35,36);;/q;2*+1/p-2/t18-,19-;;/m0../s1. The zero-order valence-corrected chi connectivity index (χ0v) is 27.5. The number of benzene rings is 2. The number of aliphatic hydroxyl groups excluding tert-OH is 1. The van der Waals surface area contributed by atoms with Crippen molar-refractivity contribution in [3.05, 3.63) is 71.9 Å². The summed E-state index contributed by atoms with van der Waals surface area (Å²) in [6.45, 7) is -1.76. The summed E-state index contributed by atoms with van der Waals surface area (Å²) in [5.74, 6) is -2.04. The number of likely N-dealkylation sites (N-methyl/N-ethyl adjacent to an activating group) is 1. The molecule has 0 bridgehead atoms. The van der Waals surface area contributed by atoms with Gasteiger partial charge in [-0.2, -0.15) is 0 Å². The van der Waals surface area contributed by atoms with Gasteiger partial charge >= 0.3 is 71.2 Å². The van der Waals surface area contributed by atoms with E-state index in [1.54, 1.807) is 12.3 Å². The van der Waals surface area contributed by atoms with Crippen molar-refractivity contribution in [3.63, 3.8) is 0 Å². The Labute approximate surface area is 278 Å². The molecule has 1 heterocycles. The molecule has 3 aromatic rings. The number of anilines is 1. The van der Waals surface area contributed by atoms with Crippen LogP contribution in [0, 0.1) is 11.6 Å². The van der Waals surface area contributed by atoms with Gasteiger partial charge in [0.05, 0.1) is 26.6 Å². The molecule has 12 nitrogen and oxygen atoms in total. The van der Waals surface area contributed by atoms with Crippen molar-refractivity contribution >= 4 is 36.5 Å². The summed E-state index contributed by atoms with van der Waals surface area (Å²) in [7, 11) is -4.10. The van der Waals surface area contributed by atoms with Crippen LogP contribution in [0.15, 0.2) is 54.7 Å². The van der Waals surface area contributed by atoms with Crippen LogP contribution >= 0.6 is 7.82 Å². The molecule has 1 aromatic heterocycles. The average molecular weight is 612 g/mol. The normalized spacial score (nSPS) is 12.3. The van der Waals surface area contributed by atoms with E-state index in [0.29, 0.717) is 0 Å². The van der Waals surface area contributed by atoms with Crippen LogP contribution in [0.2, 0.25) is 0 Å². The van der Waals surface area contributed by atoms with E-state index in [4.69, 9.17) is 4.74 Å². The van der Waals surface area contributed by atoms with Gasteiger partial charge in [0.25, 0.3) is 0 Å². The van der Waals surface area contributed by atoms with Crippen molar-refractivity contribution < 1.29 is 106 Å². The third-order valence-electron chi connectivity index (χ3n) is 5.57. The van der Waals surface area contributed by atoms with E-state index in [9.17, 15) is 37.8 Å². The van der Waals surface area contributed by atoms with Crippen molar-refractivity contribution in [1.29, 1.82) is 0 Å². The maximum absolute atomic E-state index is 13.9. The van der Waals surface area contributed by atoms with Crippen LogP contribution in [-0.4, -0.2) is 59.5 Å². The monoisotopic (exact) mass is 612 g/mol. The van der Waals surface area contributed by atoms with Gasteiger partial charge in [0.15, 0.2) is 11.6 Å². The molecule has 3 N–H and O–H groups in total. The number of hydrogen-bond acceptors (Lipinski definition) is 9. The van der Waals surface area contributed by atoms with Gasteiger partial charge in [-0.05, 0) is 23.9 Å². The van der Waals surface area contributed by atoms with Crippen molar-refractivity contribution in [2.75, 3.05) is 25.6 Å². The van der Waals surface area contributed by atoms with Crippen LogP contribution in [-0.2, 0) is 20.4 Å². The molecule has 0 unspecified atom stereocenters. The molecule has 0 saturated carbocycles. The Morgan fingerprint density at radius 1 is 1.10 bits per heavy atom. The number of amides is 3. The van der Waals surface area contributed by atoms with Crippen LogP contribution in [0.1, 0.15) is 12.0 Å². The molecule has 0 saturated heterocycles. The maximum atomic E-state index is 13.9. The van der Waals surface area contributed by atoms with Crippen LogP contribution in [0.5, 0.6) is 0 Å². The number of urea groups is 1. The number of ether oxygens (including phenoxy) is 1. The molecular weight excluding hydrogens is 587 g/mol. The number of rotatable bonds is 11. The number of hydrogen-bond donors (Lipinski definition) is 3. The number of phosphoric ester groups is 1. The molecule has 2 aromatic carbocycles. The molecule has 0 radical (unpaired) electrons. The summed E-state index contributed by atoms with van der Waals surface area (Å²) in [5.41, 5.74) is -0.123. The first-order valence-electron chi connectivity index (χ1n) is 11.5. The van der Waals surface area contributed by atoms with Crippen molar-refractivity contribution in [3.8, 4) is 0 Å². The summed E-state index contributed by atoms with van der Waals surface area (Å²) in [4.78, 5) is 51.7. The van der Waals surface area contributed by atoms with E-state index in [1.807, 2.05) is 24.3 Å². The van der Waals surface area contributed by atoms with Gasteiger partial charge in [-0.25, -0.2) is 23.4 Å². The largest absolute Gasteiger partial charge is 1.00 e. The summed E-state index contributed by atoms with van der Waals surface area (Å²) in [6, 6.07) is 10.5.